The van der Waals surface area contributed by atoms with Crippen LogP contribution in [0, 0.1) is 13.8 Å². The maximum Gasteiger partial charge on any atom is 0.196 e. The molecule has 3 nitrogen and oxygen atoms in total. The topological polar surface area (TPSA) is 30.7 Å². The van der Waals surface area contributed by atoms with Gasteiger partial charge in [0.25, 0.3) is 0 Å². The molecule has 0 saturated carbocycles. The van der Waals surface area contributed by atoms with Crippen molar-refractivity contribution in [3.8, 4) is 17.1 Å². The van der Waals surface area contributed by atoms with Gasteiger partial charge in [-0.25, -0.2) is 0 Å². The zero-order valence-electron chi connectivity index (χ0n) is 17.6. The number of benzene rings is 4. The number of hydrogen-bond acceptors (Lipinski definition) is 3. The second kappa shape index (κ2) is 8.40. The van der Waals surface area contributed by atoms with Crippen LogP contribution in [-0.4, -0.2) is 14.8 Å². The lowest BCUT2D eigenvalue weighted by molar-refractivity contribution is 0.884. The van der Waals surface area contributed by atoms with E-state index in [1.165, 1.54) is 27.5 Å². The van der Waals surface area contributed by atoms with E-state index in [-0.39, 0.29) is 0 Å². The van der Waals surface area contributed by atoms with E-state index in [2.05, 4.69) is 101 Å². The SMILES string of the molecule is Cc1ccc(-n2c(SCc3ccc4ccccc4c3)nnc2-c2ccccc2)cc1C. The molecule has 0 N–H and O–H groups in total. The summed E-state index contributed by atoms with van der Waals surface area (Å²) in [7, 11) is 0. The predicted octanol–water partition coefficient (Wildman–Crippen LogP) is 7.00. The highest BCUT2D eigenvalue weighted by atomic mass is 32.2. The van der Waals surface area contributed by atoms with Gasteiger partial charge in [-0.1, -0.05) is 90.6 Å². The van der Waals surface area contributed by atoms with Crippen LogP contribution in [0.15, 0.2) is 96.2 Å². The van der Waals surface area contributed by atoms with Gasteiger partial charge in [0.15, 0.2) is 11.0 Å². The minimum Gasteiger partial charge on any atom is -0.270 e. The van der Waals surface area contributed by atoms with Gasteiger partial charge in [0.05, 0.1) is 5.69 Å². The van der Waals surface area contributed by atoms with Gasteiger partial charge in [0, 0.05) is 11.3 Å². The van der Waals surface area contributed by atoms with Gasteiger partial charge in [-0.15, -0.1) is 10.2 Å². The van der Waals surface area contributed by atoms with Gasteiger partial charge in [0.1, 0.15) is 0 Å². The fourth-order valence-electron chi connectivity index (χ4n) is 3.71. The number of rotatable bonds is 5. The summed E-state index contributed by atoms with van der Waals surface area (Å²) in [5.74, 6) is 1.70. The smallest absolute Gasteiger partial charge is 0.196 e. The van der Waals surface area contributed by atoms with Crippen LogP contribution < -0.4 is 0 Å². The zero-order valence-corrected chi connectivity index (χ0v) is 18.4. The molecule has 4 heteroatoms. The summed E-state index contributed by atoms with van der Waals surface area (Å²) in [6.07, 6.45) is 0. The van der Waals surface area contributed by atoms with Crippen LogP contribution in [0.2, 0.25) is 0 Å². The van der Waals surface area contributed by atoms with Crippen LogP contribution in [0.4, 0.5) is 0 Å². The lowest BCUT2D eigenvalue weighted by atomic mass is 10.1. The van der Waals surface area contributed by atoms with E-state index in [4.69, 9.17) is 0 Å². The van der Waals surface area contributed by atoms with Gasteiger partial charge >= 0.3 is 0 Å². The minimum absolute atomic E-state index is 0.836. The zero-order chi connectivity index (χ0) is 21.2. The second-order valence-electron chi connectivity index (χ2n) is 7.75. The molecule has 0 spiro atoms. The molecule has 0 fully saturated rings. The van der Waals surface area contributed by atoms with Crippen molar-refractivity contribution in [1.82, 2.24) is 14.8 Å². The summed E-state index contributed by atoms with van der Waals surface area (Å²) in [6, 6.07) is 31.9. The van der Waals surface area contributed by atoms with E-state index in [9.17, 15) is 0 Å². The van der Waals surface area contributed by atoms with Crippen molar-refractivity contribution in [2.45, 2.75) is 24.8 Å². The summed E-state index contributed by atoms with van der Waals surface area (Å²) in [4.78, 5) is 0. The van der Waals surface area contributed by atoms with Crippen molar-refractivity contribution in [3.05, 3.63) is 108 Å². The molecule has 0 aliphatic rings. The van der Waals surface area contributed by atoms with Crippen LogP contribution in [0.25, 0.3) is 27.8 Å². The maximum absolute atomic E-state index is 4.57. The van der Waals surface area contributed by atoms with E-state index < -0.39 is 0 Å². The standard InChI is InChI=1S/C27H23N3S/c1-19-12-15-25(16-20(19)2)30-26(23-9-4-3-5-10-23)28-29-27(30)31-18-21-13-14-22-8-6-7-11-24(22)17-21/h3-17H,18H2,1-2H3. The number of fused-ring (bicyclic) bond motifs is 1. The average Bonchev–Trinajstić information content (AvgIpc) is 3.24. The van der Waals surface area contributed by atoms with Crippen LogP contribution in [-0.2, 0) is 5.75 Å². The van der Waals surface area contributed by atoms with Gasteiger partial charge in [-0.05, 0) is 53.4 Å². The number of nitrogens with zero attached hydrogens (tertiary/aromatic N) is 3. The normalized spacial score (nSPS) is 11.2. The quantitative estimate of drug-likeness (QED) is 0.286. The first-order chi connectivity index (χ1) is 15.2. The lowest BCUT2D eigenvalue weighted by Gasteiger charge is -2.12. The fraction of sp³-hybridized carbons (Fsp3) is 0.111. The van der Waals surface area contributed by atoms with Crippen LogP contribution in [0.5, 0.6) is 0 Å². The van der Waals surface area contributed by atoms with E-state index in [1.807, 2.05) is 18.2 Å². The number of thioether (sulfide) groups is 1. The third-order valence-electron chi connectivity index (χ3n) is 5.60. The third kappa shape index (κ3) is 3.99. The summed E-state index contributed by atoms with van der Waals surface area (Å²) in [5.41, 5.74) is 5.97. The highest BCUT2D eigenvalue weighted by molar-refractivity contribution is 7.98. The van der Waals surface area contributed by atoms with Crippen molar-refractivity contribution in [2.24, 2.45) is 0 Å². The van der Waals surface area contributed by atoms with Crippen molar-refractivity contribution in [3.63, 3.8) is 0 Å². The summed E-state index contributed by atoms with van der Waals surface area (Å²) in [5, 5.41) is 12.6. The molecule has 0 amide bonds. The Morgan fingerprint density at radius 3 is 2.29 bits per heavy atom. The molecule has 152 valence electrons. The Balaban J connectivity index is 1.53. The molecule has 1 aromatic heterocycles. The van der Waals surface area contributed by atoms with E-state index in [0.717, 1.165) is 28.0 Å². The molecule has 0 saturated heterocycles. The number of hydrogen-bond donors (Lipinski definition) is 0. The highest BCUT2D eigenvalue weighted by Gasteiger charge is 2.16. The molecular formula is C27H23N3S. The van der Waals surface area contributed by atoms with Crippen LogP contribution >= 0.6 is 11.8 Å². The minimum atomic E-state index is 0.836. The largest absolute Gasteiger partial charge is 0.270 e. The molecule has 4 aromatic carbocycles. The molecule has 0 bridgehead atoms. The summed E-state index contributed by atoms with van der Waals surface area (Å²) >= 11 is 1.72. The first-order valence-electron chi connectivity index (χ1n) is 10.4. The van der Waals surface area contributed by atoms with Crippen molar-refractivity contribution >= 4 is 22.5 Å². The Labute approximate surface area is 186 Å². The molecule has 0 radical (unpaired) electrons. The molecular weight excluding hydrogens is 398 g/mol. The van der Waals surface area contributed by atoms with Gasteiger partial charge < -0.3 is 0 Å². The van der Waals surface area contributed by atoms with Gasteiger partial charge in [0.2, 0.25) is 0 Å². The Kier molecular flexibility index (Phi) is 5.31. The molecule has 1 heterocycles. The predicted molar refractivity (Wildman–Crippen MR) is 130 cm³/mol. The first-order valence-corrected chi connectivity index (χ1v) is 11.4. The Morgan fingerprint density at radius 2 is 1.48 bits per heavy atom. The Morgan fingerprint density at radius 1 is 0.710 bits per heavy atom. The van der Waals surface area contributed by atoms with E-state index in [1.54, 1.807) is 11.8 Å². The van der Waals surface area contributed by atoms with Gasteiger partial charge in [-0.3, -0.25) is 4.57 Å². The van der Waals surface area contributed by atoms with E-state index in [0.29, 0.717) is 0 Å². The van der Waals surface area contributed by atoms with Crippen LogP contribution in [0.3, 0.4) is 0 Å². The first kappa shape index (κ1) is 19.6. The molecule has 31 heavy (non-hydrogen) atoms. The number of aryl methyl sites for hydroxylation is 2. The molecule has 0 unspecified atom stereocenters. The molecule has 5 aromatic rings. The molecule has 0 aliphatic heterocycles. The molecule has 5 rings (SSSR count). The summed E-state index contributed by atoms with van der Waals surface area (Å²) < 4.78 is 2.17. The van der Waals surface area contributed by atoms with Gasteiger partial charge in [-0.2, -0.15) is 0 Å². The van der Waals surface area contributed by atoms with Crippen molar-refractivity contribution in [2.75, 3.05) is 0 Å². The van der Waals surface area contributed by atoms with E-state index >= 15 is 0 Å². The van der Waals surface area contributed by atoms with Crippen LogP contribution in [0.1, 0.15) is 16.7 Å². The molecule has 0 atom stereocenters. The average molecular weight is 422 g/mol. The highest BCUT2D eigenvalue weighted by Crippen LogP contribution is 2.31. The Bertz CT molecular complexity index is 1360. The van der Waals surface area contributed by atoms with Crippen molar-refractivity contribution < 1.29 is 0 Å². The van der Waals surface area contributed by atoms with Crippen molar-refractivity contribution in [1.29, 1.82) is 0 Å². The second-order valence-corrected chi connectivity index (χ2v) is 8.69. The lowest BCUT2D eigenvalue weighted by Crippen LogP contribution is -2.01. The molecule has 0 aliphatic carbocycles. The summed E-state index contributed by atoms with van der Waals surface area (Å²) in [6.45, 7) is 4.28. The monoisotopic (exact) mass is 421 g/mol. The maximum atomic E-state index is 4.57. The Hall–Kier alpha value is -3.37. The third-order valence-corrected chi connectivity index (χ3v) is 6.60. The fourth-order valence-corrected chi connectivity index (χ4v) is 4.61. The number of aromatic nitrogens is 3.